The number of nitrogens with zero attached hydrogens (tertiary/aromatic N) is 4. The van der Waals surface area contributed by atoms with Gasteiger partial charge in [-0.2, -0.15) is 5.10 Å². The zero-order chi connectivity index (χ0) is 21.4. The Morgan fingerprint density at radius 3 is 2.90 bits per heavy atom. The van der Waals surface area contributed by atoms with Gasteiger partial charge in [0.05, 0.1) is 29.3 Å². The quantitative estimate of drug-likeness (QED) is 0.701. The summed E-state index contributed by atoms with van der Waals surface area (Å²) < 4.78 is 22.1. The van der Waals surface area contributed by atoms with Gasteiger partial charge in [-0.3, -0.25) is 14.5 Å². The second-order valence-electron chi connectivity index (χ2n) is 7.50. The van der Waals surface area contributed by atoms with Gasteiger partial charge in [0, 0.05) is 30.8 Å². The van der Waals surface area contributed by atoms with Crippen LogP contribution in [0.15, 0.2) is 24.4 Å². The van der Waals surface area contributed by atoms with Crippen molar-refractivity contribution in [1.82, 2.24) is 25.1 Å². The smallest absolute Gasteiger partial charge is 0.269 e. The van der Waals surface area contributed by atoms with E-state index in [9.17, 15) is 9.18 Å². The van der Waals surface area contributed by atoms with Crippen LogP contribution in [0.2, 0.25) is 0 Å². The van der Waals surface area contributed by atoms with Gasteiger partial charge in [-0.15, -0.1) is 0 Å². The number of halogens is 1. The van der Waals surface area contributed by atoms with Gasteiger partial charge in [-0.05, 0) is 38.5 Å². The molecule has 3 heterocycles. The first-order valence-electron chi connectivity index (χ1n) is 9.97. The minimum Gasteiger partial charge on any atom is -0.487 e. The molecule has 7 nitrogen and oxygen atoms in total. The minimum atomic E-state index is -0.364. The van der Waals surface area contributed by atoms with Crippen LogP contribution in [0.4, 0.5) is 4.39 Å². The lowest BCUT2D eigenvalue weighted by Crippen LogP contribution is -2.35. The standard InChI is InChI=1S/C22H24FN5O2/c1-5-14-8-19(28(4)27-14)22(29)25-11-15-9-17-18(23)7-6-16(21(17)30-15)20-13(3)24-10-12(2)26-20/h6-8,10,15H,5,9,11H2,1-4H3,(H,25,29)/t15-/m0/s1. The summed E-state index contributed by atoms with van der Waals surface area (Å²) in [5, 5.41) is 7.17. The fraction of sp³-hybridized carbons (Fsp3) is 0.364. The van der Waals surface area contributed by atoms with Gasteiger partial charge in [-0.1, -0.05) is 6.92 Å². The fourth-order valence-electron chi connectivity index (χ4n) is 3.67. The summed E-state index contributed by atoms with van der Waals surface area (Å²) in [5.41, 5.74) is 4.76. The third kappa shape index (κ3) is 3.65. The molecule has 1 aliphatic rings. The highest BCUT2D eigenvalue weighted by atomic mass is 19.1. The van der Waals surface area contributed by atoms with Gasteiger partial charge < -0.3 is 10.1 Å². The lowest BCUT2D eigenvalue weighted by Gasteiger charge is -2.14. The van der Waals surface area contributed by atoms with Crippen LogP contribution in [0.3, 0.4) is 0 Å². The highest BCUT2D eigenvalue weighted by Crippen LogP contribution is 2.40. The molecule has 1 aliphatic heterocycles. The van der Waals surface area contributed by atoms with E-state index in [1.807, 2.05) is 20.8 Å². The first kappa shape index (κ1) is 20.0. The van der Waals surface area contributed by atoms with Gasteiger partial charge >= 0.3 is 0 Å². The number of carbonyl (C=O) groups is 1. The van der Waals surface area contributed by atoms with Crippen molar-refractivity contribution in [3.63, 3.8) is 0 Å². The molecule has 2 aromatic heterocycles. The van der Waals surface area contributed by atoms with Gasteiger partial charge in [0.1, 0.15) is 23.4 Å². The molecule has 0 spiro atoms. The van der Waals surface area contributed by atoms with Crippen LogP contribution in [-0.2, 0) is 19.9 Å². The van der Waals surface area contributed by atoms with Crippen molar-refractivity contribution in [2.45, 2.75) is 39.7 Å². The van der Waals surface area contributed by atoms with E-state index in [1.54, 1.807) is 30.1 Å². The number of nitrogens with one attached hydrogen (secondary N) is 1. The Hall–Kier alpha value is -3.29. The highest BCUT2D eigenvalue weighted by molar-refractivity contribution is 5.92. The Bertz CT molecular complexity index is 1120. The Morgan fingerprint density at radius 1 is 1.37 bits per heavy atom. The third-order valence-electron chi connectivity index (χ3n) is 5.27. The molecule has 0 bridgehead atoms. The number of ether oxygens (including phenoxy) is 1. The Balaban J connectivity index is 1.53. The minimum absolute atomic E-state index is 0.231. The molecule has 0 aliphatic carbocycles. The lowest BCUT2D eigenvalue weighted by atomic mass is 10.0. The Labute approximate surface area is 174 Å². The summed E-state index contributed by atoms with van der Waals surface area (Å²) in [6.45, 7) is 5.97. The number of amides is 1. The largest absolute Gasteiger partial charge is 0.487 e. The number of benzene rings is 1. The van der Waals surface area contributed by atoms with Crippen molar-refractivity contribution >= 4 is 5.91 Å². The van der Waals surface area contributed by atoms with Gasteiger partial charge in [-0.25, -0.2) is 9.37 Å². The predicted octanol–water partition coefficient (Wildman–Crippen LogP) is 2.93. The van der Waals surface area contributed by atoms with Crippen molar-refractivity contribution in [3.05, 3.63) is 58.6 Å². The topological polar surface area (TPSA) is 81.9 Å². The number of aromatic nitrogens is 4. The first-order chi connectivity index (χ1) is 14.4. The molecule has 8 heteroatoms. The second kappa shape index (κ2) is 7.85. The van der Waals surface area contributed by atoms with Gasteiger partial charge in [0.15, 0.2) is 0 Å². The molecular formula is C22H24FN5O2. The van der Waals surface area contributed by atoms with Crippen molar-refractivity contribution in [1.29, 1.82) is 0 Å². The molecule has 0 unspecified atom stereocenters. The van der Waals surface area contributed by atoms with Crippen LogP contribution in [0.25, 0.3) is 11.3 Å². The number of aryl methyl sites for hydroxylation is 4. The van der Waals surface area contributed by atoms with Crippen LogP contribution in [-0.4, -0.2) is 38.3 Å². The Morgan fingerprint density at radius 2 is 2.17 bits per heavy atom. The summed E-state index contributed by atoms with van der Waals surface area (Å²) in [6, 6.07) is 4.88. The zero-order valence-corrected chi connectivity index (χ0v) is 17.5. The number of hydrogen-bond acceptors (Lipinski definition) is 5. The van der Waals surface area contributed by atoms with Crippen LogP contribution in [0, 0.1) is 19.7 Å². The number of hydrogen-bond donors (Lipinski definition) is 1. The SMILES string of the molecule is CCc1cc(C(=O)NC[C@@H]2Cc3c(F)ccc(-c4nc(C)cnc4C)c3O2)n(C)n1. The van der Waals surface area contributed by atoms with E-state index in [1.165, 1.54) is 6.07 Å². The van der Waals surface area contributed by atoms with Crippen molar-refractivity contribution < 1.29 is 13.9 Å². The molecule has 1 atom stereocenters. The summed E-state index contributed by atoms with van der Waals surface area (Å²) in [6.07, 6.45) is 2.46. The molecule has 1 amide bonds. The molecular weight excluding hydrogens is 385 g/mol. The van der Waals surface area contributed by atoms with Crippen LogP contribution >= 0.6 is 0 Å². The lowest BCUT2D eigenvalue weighted by molar-refractivity contribution is 0.0924. The first-order valence-corrected chi connectivity index (χ1v) is 9.97. The molecule has 4 rings (SSSR count). The maximum Gasteiger partial charge on any atom is 0.269 e. The normalized spacial score (nSPS) is 15.0. The predicted molar refractivity (Wildman–Crippen MR) is 110 cm³/mol. The molecule has 30 heavy (non-hydrogen) atoms. The summed E-state index contributed by atoms with van der Waals surface area (Å²) in [4.78, 5) is 21.5. The average Bonchev–Trinajstić information content (AvgIpc) is 3.32. The number of fused-ring (bicyclic) bond motifs is 1. The summed E-state index contributed by atoms with van der Waals surface area (Å²) in [7, 11) is 1.74. The van der Waals surface area contributed by atoms with E-state index < -0.39 is 0 Å². The third-order valence-corrected chi connectivity index (χ3v) is 5.27. The van der Waals surface area contributed by atoms with E-state index in [2.05, 4.69) is 20.4 Å². The molecule has 0 saturated heterocycles. The van der Waals surface area contributed by atoms with Crippen molar-refractivity contribution in [2.75, 3.05) is 6.54 Å². The molecule has 0 saturated carbocycles. The van der Waals surface area contributed by atoms with E-state index in [0.717, 1.165) is 23.5 Å². The molecule has 3 aromatic rings. The van der Waals surface area contributed by atoms with Crippen LogP contribution in [0.1, 0.15) is 40.1 Å². The van der Waals surface area contributed by atoms with Gasteiger partial charge in [0.25, 0.3) is 5.91 Å². The second-order valence-corrected chi connectivity index (χ2v) is 7.50. The molecule has 156 valence electrons. The van der Waals surface area contributed by atoms with Crippen LogP contribution in [0.5, 0.6) is 5.75 Å². The molecule has 0 fully saturated rings. The zero-order valence-electron chi connectivity index (χ0n) is 17.5. The van der Waals surface area contributed by atoms with E-state index >= 15 is 0 Å². The van der Waals surface area contributed by atoms with Crippen molar-refractivity contribution in [2.24, 2.45) is 7.05 Å². The number of rotatable bonds is 5. The van der Waals surface area contributed by atoms with E-state index in [4.69, 9.17) is 4.74 Å². The van der Waals surface area contributed by atoms with Crippen LogP contribution < -0.4 is 10.1 Å². The maximum absolute atomic E-state index is 14.5. The molecule has 1 aromatic carbocycles. The summed E-state index contributed by atoms with van der Waals surface area (Å²) in [5.74, 6) is -0.0727. The average molecular weight is 409 g/mol. The van der Waals surface area contributed by atoms with Crippen molar-refractivity contribution in [3.8, 4) is 17.0 Å². The molecule has 1 N–H and O–H groups in total. The fourth-order valence-corrected chi connectivity index (χ4v) is 3.67. The Kier molecular flexibility index (Phi) is 5.24. The summed E-state index contributed by atoms with van der Waals surface area (Å²) >= 11 is 0. The monoisotopic (exact) mass is 409 g/mol. The van der Waals surface area contributed by atoms with Gasteiger partial charge in [0.2, 0.25) is 0 Å². The molecule has 0 radical (unpaired) electrons. The number of carbonyl (C=O) groups excluding carboxylic acids is 1. The van der Waals surface area contributed by atoms with E-state index in [0.29, 0.717) is 34.7 Å². The highest BCUT2D eigenvalue weighted by Gasteiger charge is 2.30. The maximum atomic E-state index is 14.5. The van der Waals surface area contributed by atoms with E-state index in [-0.39, 0.29) is 24.4 Å².